The number of aromatic nitrogens is 1. The van der Waals surface area contributed by atoms with Crippen LogP contribution >= 0.6 is 11.3 Å². The van der Waals surface area contributed by atoms with Gasteiger partial charge < -0.3 is 4.74 Å². The molecule has 0 fully saturated rings. The number of ether oxygens (including phenoxy) is 1. The molecule has 0 unspecified atom stereocenters. The first-order valence-electron chi connectivity index (χ1n) is 6.71. The minimum atomic E-state index is -0.964. The van der Waals surface area contributed by atoms with Gasteiger partial charge in [0.25, 0.3) is 5.91 Å². The number of nitrogens with zero attached hydrogens (tertiary/aromatic N) is 1. The molecule has 1 N–H and O–H groups in total. The smallest absolute Gasteiger partial charge is 0.257 e. The number of methoxy groups -OCH3 is 1. The number of carbonyl (C=O) groups excluding carboxylic acids is 1. The van der Waals surface area contributed by atoms with Gasteiger partial charge in [-0.1, -0.05) is 23.5 Å². The summed E-state index contributed by atoms with van der Waals surface area (Å²) in [5.41, 5.74) is 1.72. The molecule has 0 aliphatic heterocycles. The van der Waals surface area contributed by atoms with E-state index >= 15 is 0 Å². The number of anilines is 1. The van der Waals surface area contributed by atoms with Gasteiger partial charge in [0.15, 0.2) is 16.8 Å². The third kappa shape index (κ3) is 3.35. The van der Waals surface area contributed by atoms with Crippen LogP contribution in [0, 0.1) is 11.6 Å². The highest BCUT2D eigenvalue weighted by Crippen LogP contribution is 2.28. The van der Waals surface area contributed by atoms with E-state index in [1.165, 1.54) is 0 Å². The monoisotopic (exact) mass is 334 g/mol. The van der Waals surface area contributed by atoms with E-state index in [9.17, 15) is 13.6 Å². The summed E-state index contributed by atoms with van der Waals surface area (Å²) in [6, 6.07) is 9.02. The molecule has 0 saturated heterocycles. The van der Waals surface area contributed by atoms with Crippen LogP contribution < -0.4 is 5.32 Å². The highest BCUT2D eigenvalue weighted by Gasteiger charge is 2.12. The van der Waals surface area contributed by atoms with Crippen molar-refractivity contribution in [2.24, 2.45) is 0 Å². The number of benzene rings is 2. The van der Waals surface area contributed by atoms with E-state index < -0.39 is 11.6 Å². The van der Waals surface area contributed by atoms with E-state index in [4.69, 9.17) is 4.74 Å². The van der Waals surface area contributed by atoms with Crippen molar-refractivity contribution in [1.82, 2.24) is 4.98 Å². The molecule has 0 aliphatic carbocycles. The second kappa shape index (κ2) is 6.39. The van der Waals surface area contributed by atoms with Gasteiger partial charge in [-0.25, -0.2) is 13.8 Å². The number of hydrogen-bond donors (Lipinski definition) is 1. The maximum Gasteiger partial charge on any atom is 0.257 e. The maximum atomic E-state index is 13.2. The Balaban J connectivity index is 1.79. The Labute approximate surface area is 134 Å². The van der Waals surface area contributed by atoms with E-state index in [0.717, 1.165) is 29.0 Å². The molecule has 0 saturated carbocycles. The van der Waals surface area contributed by atoms with Gasteiger partial charge in [-0.05, 0) is 23.8 Å². The lowest BCUT2D eigenvalue weighted by molar-refractivity contribution is 0.102. The van der Waals surface area contributed by atoms with Gasteiger partial charge in [-0.3, -0.25) is 10.1 Å². The Kier molecular flexibility index (Phi) is 4.31. The van der Waals surface area contributed by atoms with Gasteiger partial charge in [0.1, 0.15) is 0 Å². The Morgan fingerprint density at radius 2 is 1.91 bits per heavy atom. The first-order valence-corrected chi connectivity index (χ1v) is 7.53. The van der Waals surface area contributed by atoms with Gasteiger partial charge in [0, 0.05) is 18.7 Å². The lowest BCUT2D eigenvalue weighted by Crippen LogP contribution is -2.11. The van der Waals surface area contributed by atoms with Crippen molar-refractivity contribution in [2.45, 2.75) is 6.61 Å². The molecule has 0 atom stereocenters. The van der Waals surface area contributed by atoms with Crippen LogP contribution in [0.15, 0.2) is 36.4 Å². The molecule has 0 aliphatic rings. The Morgan fingerprint density at radius 1 is 1.22 bits per heavy atom. The molecule has 0 spiro atoms. The summed E-state index contributed by atoms with van der Waals surface area (Å²) < 4.78 is 31.8. The number of carbonyl (C=O) groups is 1. The number of rotatable bonds is 4. The third-order valence-corrected chi connectivity index (χ3v) is 4.11. The van der Waals surface area contributed by atoms with Crippen LogP contribution in [0.1, 0.15) is 15.9 Å². The zero-order valence-electron chi connectivity index (χ0n) is 12.1. The van der Waals surface area contributed by atoms with E-state index in [1.54, 1.807) is 31.4 Å². The Bertz CT molecular complexity index is 823. The maximum absolute atomic E-state index is 13.2. The standard InChI is InChI=1S/C16H12F2N2O2S/c1-22-8-9-2-4-10(5-3-9)15(21)20-16-19-13-6-11(17)12(18)7-14(13)23-16/h2-7H,8H2,1H3,(H,19,20,21). The highest BCUT2D eigenvalue weighted by molar-refractivity contribution is 7.22. The van der Waals surface area contributed by atoms with E-state index in [1.807, 2.05) is 0 Å². The normalized spacial score (nSPS) is 10.9. The number of thiazole rings is 1. The van der Waals surface area contributed by atoms with E-state index in [2.05, 4.69) is 10.3 Å². The second-order valence-electron chi connectivity index (χ2n) is 4.84. The number of amides is 1. The zero-order valence-corrected chi connectivity index (χ0v) is 12.9. The molecule has 1 amide bonds. The van der Waals surface area contributed by atoms with Gasteiger partial charge in [0.05, 0.1) is 16.8 Å². The summed E-state index contributed by atoms with van der Waals surface area (Å²) in [7, 11) is 1.60. The second-order valence-corrected chi connectivity index (χ2v) is 5.87. The molecule has 23 heavy (non-hydrogen) atoms. The van der Waals surface area contributed by atoms with Gasteiger partial charge in [-0.2, -0.15) is 0 Å². The van der Waals surface area contributed by atoms with Gasteiger partial charge >= 0.3 is 0 Å². The first kappa shape index (κ1) is 15.5. The van der Waals surface area contributed by atoms with Crippen molar-refractivity contribution in [3.8, 4) is 0 Å². The molecule has 4 nitrogen and oxygen atoms in total. The van der Waals surface area contributed by atoms with Crippen LogP contribution in [0.5, 0.6) is 0 Å². The quantitative estimate of drug-likeness (QED) is 0.785. The topological polar surface area (TPSA) is 51.2 Å². The molecule has 3 rings (SSSR count). The Hall–Kier alpha value is -2.38. The summed E-state index contributed by atoms with van der Waals surface area (Å²) in [5.74, 6) is -2.24. The van der Waals surface area contributed by atoms with Crippen molar-refractivity contribution < 1.29 is 18.3 Å². The molecule has 7 heteroatoms. The van der Waals surface area contributed by atoms with Crippen LogP contribution in [-0.4, -0.2) is 18.0 Å². The van der Waals surface area contributed by atoms with Crippen molar-refractivity contribution in [2.75, 3.05) is 12.4 Å². The number of hydrogen-bond acceptors (Lipinski definition) is 4. The summed E-state index contributed by atoms with van der Waals surface area (Å²) in [5, 5.41) is 2.92. The molecule has 1 heterocycles. The number of nitrogens with one attached hydrogen (secondary N) is 1. The van der Waals surface area contributed by atoms with Crippen LogP contribution in [-0.2, 0) is 11.3 Å². The fourth-order valence-electron chi connectivity index (χ4n) is 2.07. The van der Waals surface area contributed by atoms with Crippen LogP contribution in [0.2, 0.25) is 0 Å². The Morgan fingerprint density at radius 3 is 2.61 bits per heavy atom. The van der Waals surface area contributed by atoms with Crippen molar-refractivity contribution in [3.63, 3.8) is 0 Å². The molecule has 1 aromatic heterocycles. The largest absolute Gasteiger partial charge is 0.380 e. The average molecular weight is 334 g/mol. The molecular weight excluding hydrogens is 322 g/mol. The van der Waals surface area contributed by atoms with Crippen molar-refractivity contribution >= 4 is 32.6 Å². The summed E-state index contributed by atoms with van der Waals surface area (Å²) >= 11 is 1.08. The SMILES string of the molecule is COCc1ccc(C(=O)Nc2nc3cc(F)c(F)cc3s2)cc1. The predicted molar refractivity (Wildman–Crippen MR) is 84.6 cm³/mol. The lowest BCUT2D eigenvalue weighted by Gasteiger charge is -2.03. The summed E-state index contributed by atoms with van der Waals surface area (Å²) in [4.78, 5) is 16.3. The van der Waals surface area contributed by atoms with Crippen LogP contribution in [0.25, 0.3) is 10.2 Å². The molecule has 0 radical (unpaired) electrons. The average Bonchev–Trinajstić information content (AvgIpc) is 2.90. The molecular formula is C16H12F2N2O2S. The molecule has 2 aromatic carbocycles. The predicted octanol–water partition coefficient (Wildman–Crippen LogP) is 3.97. The van der Waals surface area contributed by atoms with Gasteiger partial charge in [-0.15, -0.1) is 0 Å². The number of fused-ring (bicyclic) bond motifs is 1. The fraction of sp³-hybridized carbons (Fsp3) is 0.125. The molecule has 0 bridgehead atoms. The minimum Gasteiger partial charge on any atom is -0.380 e. The summed E-state index contributed by atoms with van der Waals surface area (Å²) in [6.07, 6.45) is 0. The van der Waals surface area contributed by atoms with Crippen molar-refractivity contribution in [3.05, 3.63) is 59.2 Å². The van der Waals surface area contributed by atoms with Gasteiger partial charge in [0.2, 0.25) is 0 Å². The van der Waals surface area contributed by atoms with E-state index in [-0.39, 0.29) is 11.0 Å². The van der Waals surface area contributed by atoms with E-state index in [0.29, 0.717) is 22.4 Å². The zero-order chi connectivity index (χ0) is 16.4. The molecule has 118 valence electrons. The first-order chi connectivity index (χ1) is 11.1. The minimum absolute atomic E-state index is 0.288. The number of halogens is 2. The lowest BCUT2D eigenvalue weighted by atomic mass is 10.1. The molecule has 3 aromatic rings. The van der Waals surface area contributed by atoms with Crippen LogP contribution in [0.4, 0.5) is 13.9 Å². The summed E-state index contributed by atoms with van der Waals surface area (Å²) in [6.45, 7) is 0.469. The highest BCUT2D eigenvalue weighted by atomic mass is 32.1. The van der Waals surface area contributed by atoms with Crippen LogP contribution in [0.3, 0.4) is 0 Å². The third-order valence-electron chi connectivity index (χ3n) is 3.18. The fourth-order valence-corrected chi connectivity index (χ4v) is 2.93. The van der Waals surface area contributed by atoms with Crippen molar-refractivity contribution in [1.29, 1.82) is 0 Å².